The van der Waals surface area contributed by atoms with Gasteiger partial charge in [0.2, 0.25) is 5.91 Å². The Morgan fingerprint density at radius 2 is 1.95 bits per heavy atom. The van der Waals surface area contributed by atoms with E-state index in [-0.39, 0.29) is 12.3 Å². The van der Waals surface area contributed by atoms with Crippen molar-refractivity contribution >= 4 is 39.8 Å². The van der Waals surface area contributed by atoms with Gasteiger partial charge in [-0.25, -0.2) is 0 Å². The molecule has 0 unspecified atom stereocenters. The number of rotatable bonds is 3. The molecule has 1 aromatic heterocycles. The maximum atomic E-state index is 12.1. The summed E-state index contributed by atoms with van der Waals surface area (Å²) in [7, 11) is 0. The van der Waals surface area contributed by atoms with E-state index in [1.54, 1.807) is 30.3 Å². The number of para-hydroxylation sites is 1. The lowest BCUT2D eigenvalue weighted by atomic mass is 10.1. The number of nitrogens with two attached hydrogens (primary N) is 1. The van der Waals surface area contributed by atoms with E-state index in [4.69, 9.17) is 17.3 Å². The normalized spacial score (nSPS) is 10.6. The number of hydrogen-bond acceptors (Lipinski definition) is 3. The van der Waals surface area contributed by atoms with E-state index < -0.39 is 0 Å². The smallest absolute Gasteiger partial charge is 0.230 e. The van der Waals surface area contributed by atoms with Crippen LogP contribution in [0.1, 0.15) is 5.69 Å². The zero-order valence-electron chi connectivity index (χ0n) is 11.7. The zero-order chi connectivity index (χ0) is 15.5. The summed E-state index contributed by atoms with van der Waals surface area (Å²) in [6.45, 7) is 0. The summed E-state index contributed by atoms with van der Waals surface area (Å²) in [6.07, 6.45) is 0.177. The fourth-order valence-electron chi connectivity index (χ4n) is 2.24. The van der Waals surface area contributed by atoms with Gasteiger partial charge in [0.15, 0.2) is 0 Å². The molecular formula is C17H14ClN3O. The van der Waals surface area contributed by atoms with Crippen molar-refractivity contribution < 1.29 is 4.79 Å². The fraction of sp³-hybridized carbons (Fsp3) is 0.0588. The number of benzene rings is 2. The molecule has 0 saturated heterocycles. The lowest BCUT2D eigenvalue weighted by molar-refractivity contribution is -0.115. The van der Waals surface area contributed by atoms with Crippen LogP contribution in [0.5, 0.6) is 0 Å². The molecule has 0 atom stereocenters. The quantitative estimate of drug-likeness (QED) is 0.725. The molecule has 0 saturated carbocycles. The second-order valence-corrected chi connectivity index (χ2v) is 5.39. The van der Waals surface area contributed by atoms with Crippen molar-refractivity contribution in [3.05, 3.63) is 65.3 Å². The van der Waals surface area contributed by atoms with Gasteiger partial charge in [-0.15, -0.1) is 0 Å². The van der Waals surface area contributed by atoms with Crippen molar-refractivity contribution in [2.45, 2.75) is 6.42 Å². The number of halogens is 1. The van der Waals surface area contributed by atoms with E-state index in [1.807, 2.05) is 24.3 Å². The second kappa shape index (κ2) is 6.03. The number of anilines is 2. The van der Waals surface area contributed by atoms with Crippen LogP contribution in [0, 0.1) is 0 Å². The molecule has 4 nitrogen and oxygen atoms in total. The topological polar surface area (TPSA) is 68.0 Å². The number of fused-ring (bicyclic) bond motifs is 1. The minimum Gasteiger partial charge on any atom is -0.397 e. The summed E-state index contributed by atoms with van der Waals surface area (Å²) in [5.41, 5.74) is 8.58. The molecule has 5 heteroatoms. The maximum absolute atomic E-state index is 12.1. The number of pyridine rings is 1. The minimum atomic E-state index is -0.149. The number of amides is 1. The minimum absolute atomic E-state index is 0.149. The van der Waals surface area contributed by atoms with Crippen molar-refractivity contribution in [3.63, 3.8) is 0 Å². The molecule has 3 aromatic rings. The maximum Gasteiger partial charge on any atom is 0.230 e. The lowest BCUT2D eigenvalue weighted by Crippen LogP contribution is -2.15. The van der Waals surface area contributed by atoms with Crippen molar-refractivity contribution in [2.24, 2.45) is 0 Å². The zero-order valence-corrected chi connectivity index (χ0v) is 12.5. The highest BCUT2D eigenvalue weighted by Crippen LogP contribution is 2.19. The van der Waals surface area contributed by atoms with Crippen molar-refractivity contribution in [1.82, 2.24) is 4.98 Å². The number of carbonyl (C=O) groups excluding carboxylic acids is 1. The Kier molecular flexibility index (Phi) is 3.94. The Morgan fingerprint density at radius 1 is 1.14 bits per heavy atom. The van der Waals surface area contributed by atoms with E-state index in [9.17, 15) is 4.79 Å². The highest BCUT2D eigenvalue weighted by atomic mass is 35.5. The van der Waals surface area contributed by atoms with Gasteiger partial charge in [0.05, 0.1) is 23.3 Å². The average Bonchev–Trinajstić information content (AvgIpc) is 2.48. The molecule has 3 N–H and O–H groups in total. The van der Waals surface area contributed by atoms with Gasteiger partial charge in [0, 0.05) is 16.1 Å². The first kappa shape index (κ1) is 14.4. The van der Waals surface area contributed by atoms with E-state index in [0.29, 0.717) is 22.1 Å². The Labute approximate surface area is 132 Å². The molecule has 110 valence electrons. The van der Waals surface area contributed by atoms with Gasteiger partial charge in [-0.05, 0) is 30.3 Å². The Hall–Kier alpha value is -2.59. The molecule has 1 heterocycles. The summed E-state index contributed by atoms with van der Waals surface area (Å²) in [5.74, 6) is -0.149. The van der Waals surface area contributed by atoms with Gasteiger partial charge < -0.3 is 11.1 Å². The Morgan fingerprint density at radius 3 is 2.77 bits per heavy atom. The molecule has 0 aliphatic heterocycles. The monoisotopic (exact) mass is 311 g/mol. The van der Waals surface area contributed by atoms with Crippen molar-refractivity contribution in [2.75, 3.05) is 11.1 Å². The first-order chi connectivity index (χ1) is 10.6. The predicted octanol–water partition coefficient (Wildman–Crippen LogP) is 3.65. The molecule has 0 aliphatic carbocycles. The molecule has 0 bridgehead atoms. The highest BCUT2D eigenvalue weighted by Gasteiger charge is 2.07. The molecule has 3 rings (SSSR count). The van der Waals surface area contributed by atoms with Gasteiger partial charge in [0.25, 0.3) is 0 Å². The van der Waals surface area contributed by atoms with E-state index in [2.05, 4.69) is 10.3 Å². The number of hydrogen-bond donors (Lipinski definition) is 2. The molecular weight excluding hydrogens is 298 g/mol. The molecule has 2 aromatic carbocycles. The Bertz CT molecular complexity index is 848. The molecule has 1 amide bonds. The number of nitrogens with zero attached hydrogens (tertiary/aromatic N) is 1. The summed E-state index contributed by atoms with van der Waals surface area (Å²) < 4.78 is 0. The van der Waals surface area contributed by atoms with Gasteiger partial charge in [-0.2, -0.15) is 0 Å². The molecule has 0 radical (unpaired) electrons. The predicted molar refractivity (Wildman–Crippen MR) is 89.9 cm³/mol. The molecule has 0 fully saturated rings. The number of nitrogen functional groups attached to an aromatic ring is 1. The van der Waals surface area contributed by atoms with Crippen LogP contribution in [0.4, 0.5) is 11.4 Å². The number of carbonyl (C=O) groups is 1. The molecule has 0 aliphatic rings. The van der Waals surface area contributed by atoms with Gasteiger partial charge in [-0.1, -0.05) is 35.9 Å². The van der Waals surface area contributed by atoms with E-state index >= 15 is 0 Å². The standard InChI is InChI=1S/C17H14ClN3O/c18-12-4-2-5-13(9-12)20-16(22)10-14-8-7-11-3-1-6-15(19)17(11)21-14/h1-9H,10,19H2,(H,20,22). The van der Waals surface area contributed by atoms with E-state index in [1.165, 1.54) is 0 Å². The van der Waals surface area contributed by atoms with Crippen molar-refractivity contribution in [3.8, 4) is 0 Å². The van der Waals surface area contributed by atoms with Crippen LogP contribution in [-0.2, 0) is 11.2 Å². The fourth-order valence-corrected chi connectivity index (χ4v) is 2.44. The van der Waals surface area contributed by atoms with Crippen LogP contribution in [0.25, 0.3) is 10.9 Å². The summed E-state index contributed by atoms with van der Waals surface area (Å²) in [4.78, 5) is 16.6. The van der Waals surface area contributed by atoms with Crippen LogP contribution in [0.3, 0.4) is 0 Å². The summed E-state index contributed by atoms with van der Waals surface area (Å²) >= 11 is 5.89. The van der Waals surface area contributed by atoms with E-state index in [0.717, 1.165) is 10.9 Å². The van der Waals surface area contributed by atoms with Crippen LogP contribution in [0.2, 0.25) is 5.02 Å². The second-order valence-electron chi connectivity index (χ2n) is 4.96. The first-order valence-corrected chi connectivity index (χ1v) is 7.19. The number of aromatic nitrogens is 1. The summed E-state index contributed by atoms with van der Waals surface area (Å²) in [5, 5.41) is 4.33. The van der Waals surface area contributed by atoms with Crippen molar-refractivity contribution in [1.29, 1.82) is 0 Å². The molecule has 22 heavy (non-hydrogen) atoms. The first-order valence-electron chi connectivity index (χ1n) is 6.81. The van der Waals surface area contributed by atoms with Crippen LogP contribution in [-0.4, -0.2) is 10.9 Å². The lowest BCUT2D eigenvalue weighted by Gasteiger charge is -2.07. The van der Waals surface area contributed by atoms with Crippen LogP contribution in [0.15, 0.2) is 54.6 Å². The SMILES string of the molecule is Nc1cccc2ccc(CC(=O)Nc3cccc(Cl)c3)nc12. The third-order valence-electron chi connectivity index (χ3n) is 3.26. The number of nitrogens with one attached hydrogen (secondary N) is 1. The third kappa shape index (κ3) is 3.18. The average molecular weight is 312 g/mol. The summed E-state index contributed by atoms with van der Waals surface area (Å²) in [6, 6.07) is 16.4. The highest BCUT2D eigenvalue weighted by molar-refractivity contribution is 6.30. The molecule has 0 spiro atoms. The van der Waals surface area contributed by atoms with Gasteiger partial charge in [-0.3, -0.25) is 9.78 Å². The largest absolute Gasteiger partial charge is 0.397 e. The van der Waals surface area contributed by atoms with Gasteiger partial charge in [0.1, 0.15) is 0 Å². The van der Waals surface area contributed by atoms with Crippen LogP contribution >= 0.6 is 11.6 Å². The van der Waals surface area contributed by atoms with Crippen LogP contribution < -0.4 is 11.1 Å². The van der Waals surface area contributed by atoms with Gasteiger partial charge >= 0.3 is 0 Å². The third-order valence-corrected chi connectivity index (χ3v) is 3.49. The Balaban J connectivity index is 1.78.